The van der Waals surface area contributed by atoms with Crippen LogP contribution in [0, 0.1) is 5.92 Å². The van der Waals surface area contributed by atoms with Gasteiger partial charge < -0.3 is 10.1 Å². The van der Waals surface area contributed by atoms with Crippen LogP contribution in [0.25, 0.3) is 0 Å². The molecule has 0 bridgehead atoms. The third kappa shape index (κ3) is 4.15. The predicted octanol–water partition coefficient (Wildman–Crippen LogP) is 2.08. The molecule has 2 aliphatic heterocycles. The van der Waals surface area contributed by atoms with Crippen molar-refractivity contribution in [3.8, 4) is 5.75 Å². The van der Waals surface area contributed by atoms with Gasteiger partial charge in [-0.25, -0.2) is 12.7 Å². The highest BCUT2D eigenvalue weighted by atomic mass is 32.2. The highest BCUT2D eigenvalue weighted by Crippen LogP contribution is 2.39. The van der Waals surface area contributed by atoms with Crippen molar-refractivity contribution >= 4 is 15.9 Å². The molecule has 6 nitrogen and oxygen atoms in total. The van der Waals surface area contributed by atoms with Gasteiger partial charge in [-0.3, -0.25) is 4.79 Å². The summed E-state index contributed by atoms with van der Waals surface area (Å²) in [5, 5.41) is 3.17. The molecule has 0 spiro atoms. The first-order chi connectivity index (χ1) is 11.7. The van der Waals surface area contributed by atoms with E-state index in [-0.39, 0.29) is 23.5 Å². The zero-order valence-electron chi connectivity index (χ0n) is 15.0. The van der Waals surface area contributed by atoms with Crippen molar-refractivity contribution < 1.29 is 17.9 Å². The number of sulfonamides is 1. The van der Waals surface area contributed by atoms with Gasteiger partial charge in [-0.05, 0) is 32.8 Å². The van der Waals surface area contributed by atoms with E-state index in [4.69, 9.17) is 4.74 Å². The maximum atomic E-state index is 12.7. The van der Waals surface area contributed by atoms with Crippen molar-refractivity contribution in [2.45, 2.75) is 44.8 Å². The SMILES string of the molecule is CC1(C)CC(NC(=O)C2CCN(S(C)(=O)=O)CC2)c2ccccc2O1. The van der Waals surface area contributed by atoms with Crippen LogP contribution in [0.15, 0.2) is 24.3 Å². The quantitative estimate of drug-likeness (QED) is 0.889. The number of nitrogens with zero attached hydrogens (tertiary/aromatic N) is 1. The van der Waals surface area contributed by atoms with Gasteiger partial charge in [0, 0.05) is 31.0 Å². The number of carbonyl (C=O) groups is 1. The van der Waals surface area contributed by atoms with Crippen LogP contribution in [0.1, 0.15) is 44.7 Å². The monoisotopic (exact) mass is 366 g/mol. The minimum Gasteiger partial charge on any atom is -0.487 e. The van der Waals surface area contributed by atoms with Crippen molar-refractivity contribution in [1.29, 1.82) is 0 Å². The van der Waals surface area contributed by atoms with Crippen LogP contribution in [0.2, 0.25) is 0 Å². The van der Waals surface area contributed by atoms with Gasteiger partial charge in [0.15, 0.2) is 0 Å². The molecular formula is C18H26N2O4S. The first kappa shape index (κ1) is 18.2. The van der Waals surface area contributed by atoms with E-state index in [2.05, 4.69) is 5.32 Å². The van der Waals surface area contributed by atoms with Crippen molar-refractivity contribution in [2.75, 3.05) is 19.3 Å². The molecule has 1 fully saturated rings. The van der Waals surface area contributed by atoms with Gasteiger partial charge in [-0.15, -0.1) is 0 Å². The molecule has 7 heteroatoms. The molecule has 0 aromatic heterocycles. The smallest absolute Gasteiger partial charge is 0.223 e. The molecule has 1 aromatic rings. The molecular weight excluding hydrogens is 340 g/mol. The van der Waals surface area contributed by atoms with Gasteiger partial charge in [-0.1, -0.05) is 18.2 Å². The Hall–Kier alpha value is -1.60. The number of fused-ring (bicyclic) bond motifs is 1. The van der Waals surface area contributed by atoms with E-state index in [1.54, 1.807) is 0 Å². The lowest BCUT2D eigenvalue weighted by Crippen LogP contribution is -2.46. The molecule has 3 rings (SSSR count). The minimum atomic E-state index is -3.17. The Morgan fingerprint density at radius 2 is 1.88 bits per heavy atom. The molecule has 0 radical (unpaired) electrons. The first-order valence-corrected chi connectivity index (χ1v) is 10.5. The summed E-state index contributed by atoms with van der Waals surface area (Å²) in [5.74, 6) is 0.678. The van der Waals surface area contributed by atoms with Gasteiger partial charge in [0.1, 0.15) is 11.4 Å². The van der Waals surface area contributed by atoms with Gasteiger partial charge in [-0.2, -0.15) is 0 Å². The molecule has 25 heavy (non-hydrogen) atoms. The normalized spacial score (nSPS) is 24.2. The summed E-state index contributed by atoms with van der Waals surface area (Å²) in [6.07, 6.45) is 3.05. The molecule has 2 aliphatic rings. The van der Waals surface area contributed by atoms with Crippen LogP contribution >= 0.6 is 0 Å². The Balaban J connectivity index is 1.68. The van der Waals surface area contributed by atoms with Crippen molar-refractivity contribution in [2.24, 2.45) is 5.92 Å². The number of benzene rings is 1. The van der Waals surface area contributed by atoms with E-state index < -0.39 is 10.0 Å². The number of para-hydroxylation sites is 1. The Labute approximate surface area is 149 Å². The summed E-state index contributed by atoms with van der Waals surface area (Å²) >= 11 is 0. The number of carbonyl (C=O) groups excluding carboxylic acids is 1. The number of piperidine rings is 1. The fourth-order valence-electron chi connectivity index (χ4n) is 3.67. The molecule has 1 N–H and O–H groups in total. The second-order valence-electron chi connectivity index (χ2n) is 7.60. The van der Waals surface area contributed by atoms with E-state index in [1.807, 2.05) is 38.1 Å². The Morgan fingerprint density at radius 3 is 2.52 bits per heavy atom. The molecule has 2 heterocycles. The molecule has 1 amide bonds. The Kier molecular flexibility index (Phi) is 4.81. The van der Waals surface area contributed by atoms with E-state index >= 15 is 0 Å². The minimum absolute atomic E-state index is 0.00524. The summed E-state index contributed by atoms with van der Waals surface area (Å²) < 4.78 is 30.7. The highest BCUT2D eigenvalue weighted by molar-refractivity contribution is 7.88. The van der Waals surface area contributed by atoms with Crippen LogP contribution in [-0.2, 0) is 14.8 Å². The molecule has 138 valence electrons. The second-order valence-corrected chi connectivity index (χ2v) is 9.58. The summed E-state index contributed by atoms with van der Waals surface area (Å²) in [6, 6.07) is 7.71. The number of nitrogens with one attached hydrogen (secondary N) is 1. The van der Waals surface area contributed by atoms with Gasteiger partial charge >= 0.3 is 0 Å². The Morgan fingerprint density at radius 1 is 1.24 bits per heavy atom. The number of amides is 1. The lowest BCUT2D eigenvalue weighted by molar-refractivity contribution is -0.127. The Bertz CT molecular complexity index is 752. The van der Waals surface area contributed by atoms with Crippen LogP contribution in [0.3, 0.4) is 0 Å². The van der Waals surface area contributed by atoms with E-state index in [9.17, 15) is 13.2 Å². The fourth-order valence-corrected chi connectivity index (χ4v) is 4.54. The number of hydrogen-bond donors (Lipinski definition) is 1. The summed E-state index contributed by atoms with van der Waals surface area (Å²) in [7, 11) is -3.17. The fraction of sp³-hybridized carbons (Fsp3) is 0.611. The topological polar surface area (TPSA) is 75.7 Å². The molecule has 1 atom stereocenters. The van der Waals surface area contributed by atoms with Gasteiger partial charge in [0.25, 0.3) is 0 Å². The highest BCUT2D eigenvalue weighted by Gasteiger charge is 2.36. The van der Waals surface area contributed by atoms with Gasteiger partial charge in [0.2, 0.25) is 15.9 Å². The van der Waals surface area contributed by atoms with Crippen LogP contribution in [-0.4, -0.2) is 43.6 Å². The number of ether oxygens (including phenoxy) is 1. The third-order valence-electron chi connectivity index (χ3n) is 4.99. The molecule has 0 aliphatic carbocycles. The largest absolute Gasteiger partial charge is 0.487 e. The van der Waals surface area contributed by atoms with Crippen molar-refractivity contribution in [3.63, 3.8) is 0 Å². The van der Waals surface area contributed by atoms with Crippen LogP contribution < -0.4 is 10.1 Å². The molecule has 0 saturated carbocycles. The number of hydrogen-bond acceptors (Lipinski definition) is 4. The zero-order chi connectivity index (χ0) is 18.2. The van der Waals surface area contributed by atoms with Crippen molar-refractivity contribution in [1.82, 2.24) is 9.62 Å². The molecule has 1 unspecified atom stereocenters. The van der Waals surface area contributed by atoms with E-state index in [0.29, 0.717) is 32.4 Å². The van der Waals surface area contributed by atoms with Crippen molar-refractivity contribution in [3.05, 3.63) is 29.8 Å². The summed E-state index contributed by atoms with van der Waals surface area (Å²) in [4.78, 5) is 12.7. The third-order valence-corrected chi connectivity index (χ3v) is 6.29. The molecule has 1 aromatic carbocycles. The van der Waals surface area contributed by atoms with Crippen LogP contribution in [0.5, 0.6) is 5.75 Å². The van der Waals surface area contributed by atoms with E-state index in [1.165, 1.54) is 10.6 Å². The maximum Gasteiger partial charge on any atom is 0.223 e. The lowest BCUT2D eigenvalue weighted by Gasteiger charge is -2.38. The predicted molar refractivity (Wildman–Crippen MR) is 95.8 cm³/mol. The van der Waals surface area contributed by atoms with Gasteiger partial charge in [0.05, 0.1) is 12.3 Å². The maximum absolute atomic E-state index is 12.7. The van der Waals surface area contributed by atoms with E-state index in [0.717, 1.165) is 11.3 Å². The zero-order valence-corrected chi connectivity index (χ0v) is 15.8. The van der Waals surface area contributed by atoms with Crippen LogP contribution in [0.4, 0.5) is 0 Å². The first-order valence-electron chi connectivity index (χ1n) is 8.69. The molecule has 1 saturated heterocycles. The second kappa shape index (κ2) is 6.61. The lowest BCUT2D eigenvalue weighted by atomic mass is 9.88. The standard InChI is InChI=1S/C18H26N2O4S/c1-18(2)12-15(14-6-4-5-7-16(14)24-18)19-17(21)13-8-10-20(11-9-13)25(3,22)23/h4-7,13,15H,8-12H2,1-3H3,(H,19,21). The average molecular weight is 366 g/mol. The summed E-state index contributed by atoms with van der Waals surface area (Å²) in [6.45, 7) is 4.86. The summed E-state index contributed by atoms with van der Waals surface area (Å²) in [5.41, 5.74) is 0.662. The number of rotatable bonds is 3. The average Bonchev–Trinajstić information content (AvgIpc) is 2.53.